The van der Waals surface area contributed by atoms with Gasteiger partial charge in [-0.15, -0.1) is 0 Å². The number of carbonyl (C=O) groups excluding carboxylic acids is 1. The maximum atomic E-state index is 13.3. The summed E-state index contributed by atoms with van der Waals surface area (Å²) in [5.74, 6) is 0.823. The van der Waals surface area contributed by atoms with Crippen molar-refractivity contribution in [2.75, 3.05) is 11.9 Å². The Morgan fingerprint density at radius 2 is 1.81 bits per heavy atom. The number of amides is 1. The summed E-state index contributed by atoms with van der Waals surface area (Å²) in [5.41, 5.74) is 1.85. The van der Waals surface area contributed by atoms with Gasteiger partial charge in [0.2, 0.25) is 0 Å². The molecule has 1 aromatic heterocycles. The van der Waals surface area contributed by atoms with E-state index in [2.05, 4.69) is 65.1 Å². The third-order valence-corrected chi connectivity index (χ3v) is 7.05. The number of para-hydroxylation sites is 1. The maximum absolute atomic E-state index is 13.3. The number of ether oxygens (including phenoxy) is 1. The predicted octanol–water partition coefficient (Wildman–Crippen LogP) is 6.93. The van der Waals surface area contributed by atoms with Gasteiger partial charge in [-0.05, 0) is 86.3 Å². The number of benzene rings is 3. The van der Waals surface area contributed by atoms with E-state index in [1.54, 1.807) is 36.5 Å². The minimum atomic E-state index is -0.273. The SMILES string of the molecule is CCCCc1nc2ccc(Br)cc2c(=O)n1N=Cc1cc(Br)c(OCC(=O)Nc2ccccc2)c(Br)c1. The monoisotopic (exact) mass is 688 g/mol. The normalized spacial score (nSPS) is 11.2. The fourth-order valence-electron chi connectivity index (χ4n) is 3.58. The molecule has 0 saturated heterocycles. The summed E-state index contributed by atoms with van der Waals surface area (Å²) in [4.78, 5) is 30.2. The summed E-state index contributed by atoms with van der Waals surface area (Å²) in [7, 11) is 0. The van der Waals surface area contributed by atoms with E-state index >= 15 is 0 Å². The van der Waals surface area contributed by atoms with Crippen molar-refractivity contribution in [1.82, 2.24) is 9.66 Å². The number of unbranched alkanes of at least 4 members (excludes halogenated alkanes) is 1. The number of aryl methyl sites for hydroxylation is 1. The standard InChI is InChI=1S/C27H23Br3N4O3/c1-2-3-9-24-33-23-11-10-18(28)14-20(23)27(36)34(24)31-15-17-12-21(29)26(22(30)13-17)37-16-25(35)32-19-7-5-4-6-8-19/h4-8,10-15H,2-3,9,16H2,1H3,(H,32,35). The lowest BCUT2D eigenvalue weighted by atomic mass is 10.2. The molecule has 0 aliphatic carbocycles. The highest BCUT2D eigenvalue weighted by Gasteiger charge is 2.13. The number of aromatic nitrogens is 2. The summed E-state index contributed by atoms with van der Waals surface area (Å²) >= 11 is 10.4. The van der Waals surface area contributed by atoms with Gasteiger partial charge in [-0.3, -0.25) is 9.59 Å². The average Bonchev–Trinajstić information content (AvgIpc) is 2.87. The molecule has 0 aliphatic rings. The van der Waals surface area contributed by atoms with Crippen LogP contribution in [0.4, 0.5) is 5.69 Å². The topological polar surface area (TPSA) is 85.6 Å². The van der Waals surface area contributed by atoms with Crippen molar-refractivity contribution in [2.45, 2.75) is 26.2 Å². The van der Waals surface area contributed by atoms with Crippen LogP contribution in [0.2, 0.25) is 0 Å². The highest BCUT2D eigenvalue weighted by atomic mass is 79.9. The van der Waals surface area contributed by atoms with Gasteiger partial charge in [-0.25, -0.2) is 4.98 Å². The largest absolute Gasteiger partial charge is 0.481 e. The van der Waals surface area contributed by atoms with Crippen LogP contribution in [0.3, 0.4) is 0 Å². The Morgan fingerprint density at radius 3 is 2.51 bits per heavy atom. The van der Waals surface area contributed by atoms with E-state index in [1.165, 1.54) is 4.68 Å². The number of hydrogen-bond acceptors (Lipinski definition) is 5. The van der Waals surface area contributed by atoms with E-state index in [-0.39, 0.29) is 18.1 Å². The van der Waals surface area contributed by atoms with E-state index in [1.807, 2.05) is 30.3 Å². The first-order valence-corrected chi connectivity index (χ1v) is 14.0. The van der Waals surface area contributed by atoms with Crippen LogP contribution in [0, 0.1) is 0 Å². The zero-order valence-electron chi connectivity index (χ0n) is 19.9. The third-order valence-electron chi connectivity index (χ3n) is 5.38. The molecule has 0 spiro atoms. The predicted molar refractivity (Wildman–Crippen MR) is 158 cm³/mol. The Kier molecular flexibility index (Phi) is 9.28. The van der Waals surface area contributed by atoms with Crippen LogP contribution in [-0.4, -0.2) is 28.4 Å². The van der Waals surface area contributed by atoms with Crippen LogP contribution in [-0.2, 0) is 11.2 Å². The van der Waals surface area contributed by atoms with Gasteiger partial charge in [0, 0.05) is 16.6 Å². The van der Waals surface area contributed by atoms with Crippen molar-refractivity contribution in [1.29, 1.82) is 0 Å². The highest BCUT2D eigenvalue weighted by molar-refractivity contribution is 9.11. The molecular weight excluding hydrogens is 668 g/mol. The number of rotatable bonds is 9. The summed E-state index contributed by atoms with van der Waals surface area (Å²) < 4.78 is 9.18. The number of carbonyl (C=O) groups is 1. The molecule has 0 saturated carbocycles. The highest BCUT2D eigenvalue weighted by Crippen LogP contribution is 2.34. The lowest BCUT2D eigenvalue weighted by molar-refractivity contribution is -0.118. The summed E-state index contributed by atoms with van der Waals surface area (Å²) in [6.45, 7) is 1.93. The van der Waals surface area contributed by atoms with Crippen LogP contribution in [0.1, 0.15) is 31.2 Å². The molecule has 0 radical (unpaired) electrons. The lowest BCUT2D eigenvalue weighted by Gasteiger charge is -2.12. The van der Waals surface area contributed by atoms with E-state index < -0.39 is 0 Å². The molecule has 1 heterocycles. The zero-order valence-corrected chi connectivity index (χ0v) is 24.6. The lowest BCUT2D eigenvalue weighted by Crippen LogP contribution is -2.22. The molecule has 4 rings (SSSR count). The number of nitrogens with one attached hydrogen (secondary N) is 1. The van der Waals surface area contributed by atoms with Crippen LogP contribution < -0.4 is 15.6 Å². The number of nitrogens with zero attached hydrogens (tertiary/aromatic N) is 3. The Labute approximate surface area is 239 Å². The first kappa shape index (κ1) is 27.2. The fraction of sp³-hybridized carbons (Fsp3) is 0.185. The summed E-state index contributed by atoms with van der Waals surface area (Å²) in [6, 6.07) is 18.3. The van der Waals surface area contributed by atoms with Crippen molar-refractivity contribution in [2.24, 2.45) is 5.10 Å². The molecule has 190 valence electrons. The molecule has 0 atom stereocenters. The first-order valence-electron chi connectivity index (χ1n) is 11.6. The molecule has 10 heteroatoms. The molecule has 7 nitrogen and oxygen atoms in total. The Morgan fingerprint density at radius 1 is 1.08 bits per heavy atom. The maximum Gasteiger partial charge on any atom is 0.282 e. The molecule has 0 fully saturated rings. The summed E-state index contributed by atoms with van der Waals surface area (Å²) in [6.07, 6.45) is 4.11. The van der Waals surface area contributed by atoms with Crippen molar-refractivity contribution >= 4 is 76.5 Å². The van der Waals surface area contributed by atoms with Crippen LogP contribution in [0.15, 0.2) is 84.0 Å². The van der Waals surface area contributed by atoms with Gasteiger partial charge < -0.3 is 10.1 Å². The van der Waals surface area contributed by atoms with Gasteiger partial charge in [-0.1, -0.05) is 47.5 Å². The smallest absolute Gasteiger partial charge is 0.282 e. The molecule has 1 N–H and O–H groups in total. The van der Waals surface area contributed by atoms with E-state index in [0.29, 0.717) is 43.5 Å². The second-order valence-corrected chi connectivity index (χ2v) is 10.8. The number of hydrogen-bond donors (Lipinski definition) is 1. The molecule has 0 unspecified atom stereocenters. The van der Waals surface area contributed by atoms with Gasteiger partial charge in [0.05, 0.1) is 26.1 Å². The second kappa shape index (κ2) is 12.6. The fourth-order valence-corrected chi connectivity index (χ4v) is 5.40. The first-order chi connectivity index (χ1) is 17.9. The van der Waals surface area contributed by atoms with Gasteiger partial charge in [0.15, 0.2) is 6.61 Å². The van der Waals surface area contributed by atoms with Crippen LogP contribution in [0.5, 0.6) is 5.75 Å². The van der Waals surface area contributed by atoms with Crippen molar-refractivity contribution < 1.29 is 9.53 Å². The molecule has 0 aliphatic heterocycles. The van der Waals surface area contributed by atoms with Crippen molar-refractivity contribution in [3.05, 3.63) is 95.8 Å². The van der Waals surface area contributed by atoms with Gasteiger partial charge >= 0.3 is 0 Å². The molecule has 0 bridgehead atoms. The number of halogens is 3. The van der Waals surface area contributed by atoms with Crippen LogP contribution in [0.25, 0.3) is 10.9 Å². The molecule has 1 amide bonds. The van der Waals surface area contributed by atoms with Crippen LogP contribution >= 0.6 is 47.8 Å². The zero-order chi connectivity index (χ0) is 26.4. The van der Waals surface area contributed by atoms with Crippen molar-refractivity contribution in [3.63, 3.8) is 0 Å². The quantitative estimate of drug-likeness (QED) is 0.193. The molecular formula is C27H23Br3N4O3. The molecule has 4 aromatic rings. The Balaban J connectivity index is 1.56. The van der Waals surface area contributed by atoms with Gasteiger partial charge in [0.1, 0.15) is 11.6 Å². The Hall–Kier alpha value is -2.82. The van der Waals surface area contributed by atoms with E-state index in [4.69, 9.17) is 9.72 Å². The second-order valence-electron chi connectivity index (χ2n) is 8.17. The van der Waals surface area contributed by atoms with Crippen molar-refractivity contribution in [3.8, 4) is 5.75 Å². The minimum Gasteiger partial charge on any atom is -0.481 e. The number of fused-ring (bicyclic) bond motifs is 1. The third kappa shape index (κ3) is 6.94. The molecule has 37 heavy (non-hydrogen) atoms. The van der Waals surface area contributed by atoms with Gasteiger partial charge in [-0.2, -0.15) is 9.78 Å². The summed E-state index contributed by atoms with van der Waals surface area (Å²) in [5, 5.41) is 7.77. The molecule has 3 aromatic carbocycles. The van der Waals surface area contributed by atoms with E-state index in [0.717, 1.165) is 22.9 Å². The Bertz CT molecular complexity index is 1500. The minimum absolute atomic E-state index is 0.159. The van der Waals surface area contributed by atoms with Gasteiger partial charge in [0.25, 0.3) is 11.5 Å². The number of anilines is 1. The van der Waals surface area contributed by atoms with E-state index in [9.17, 15) is 9.59 Å². The average molecular weight is 691 g/mol.